The molecule has 1 heteroatoms. The van der Waals surface area contributed by atoms with Crippen molar-refractivity contribution >= 4 is 15.9 Å². The van der Waals surface area contributed by atoms with Crippen LogP contribution in [0.5, 0.6) is 0 Å². The van der Waals surface area contributed by atoms with Crippen LogP contribution in [0.1, 0.15) is 32.1 Å². The molecule has 0 nitrogen and oxygen atoms in total. The van der Waals surface area contributed by atoms with Crippen LogP contribution in [0.4, 0.5) is 0 Å². The van der Waals surface area contributed by atoms with Crippen LogP contribution in [0, 0.1) is 0 Å². The summed E-state index contributed by atoms with van der Waals surface area (Å²) in [5.74, 6) is 0. The van der Waals surface area contributed by atoms with Crippen molar-refractivity contribution in [2.45, 2.75) is 32.1 Å². The average molecular weight is 215 g/mol. The summed E-state index contributed by atoms with van der Waals surface area (Å²) in [5.41, 5.74) is 1.63. The van der Waals surface area contributed by atoms with Gasteiger partial charge in [-0.2, -0.15) is 0 Å². The highest BCUT2D eigenvalue weighted by molar-refractivity contribution is 9.09. The molecule has 1 saturated carbocycles. The minimum absolute atomic E-state index is 0.969. The SMILES string of the molecule is BrCC=CC=C1CCCCC1. The molecule has 0 atom stereocenters. The van der Waals surface area contributed by atoms with E-state index >= 15 is 0 Å². The molecule has 0 spiro atoms. The lowest BCUT2D eigenvalue weighted by Gasteiger charge is -2.12. The third kappa shape index (κ3) is 3.76. The molecular weight excluding hydrogens is 200 g/mol. The van der Waals surface area contributed by atoms with Crippen molar-refractivity contribution in [1.29, 1.82) is 0 Å². The standard InChI is InChI=1S/C10H15Br/c11-9-5-4-8-10-6-2-1-3-7-10/h4-5,8H,1-3,6-7,9H2. The van der Waals surface area contributed by atoms with Crippen LogP contribution in [0.25, 0.3) is 0 Å². The van der Waals surface area contributed by atoms with Gasteiger partial charge < -0.3 is 0 Å². The topological polar surface area (TPSA) is 0 Å². The monoisotopic (exact) mass is 214 g/mol. The van der Waals surface area contributed by atoms with Gasteiger partial charge in [-0.25, -0.2) is 0 Å². The number of halogens is 1. The summed E-state index contributed by atoms with van der Waals surface area (Å²) in [7, 11) is 0. The third-order valence-corrected chi connectivity index (χ3v) is 2.43. The van der Waals surface area contributed by atoms with Crippen LogP contribution >= 0.6 is 15.9 Å². The maximum absolute atomic E-state index is 3.36. The highest BCUT2D eigenvalue weighted by Gasteiger charge is 2.02. The number of alkyl halides is 1. The molecule has 0 bridgehead atoms. The summed E-state index contributed by atoms with van der Waals surface area (Å²) >= 11 is 3.36. The van der Waals surface area contributed by atoms with Crippen molar-refractivity contribution in [3.05, 3.63) is 23.8 Å². The summed E-state index contributed by atoms with van der Waals surface area (Å²) in [5, 5.41) is 0.969. The van der Waals surface area contributed by atoms with Crippen LogP contribution in [-0.2, 0) is 0 Å². The Hall–Kier alpha value is -0.0400. The molecule has 0 heterocycles. The van der Waals surface area contributed by atoms with Crippen molar-refractivity contribution in [1.82, 2.24) is 0 Å². The van der Waals surface area contributed by atoms with Crippen LogP contribution < -0.4 is 0 Å². The van der Waals surface area contributed by atoms with E-state index in [1.54, 1.807) is 5.57 Å². The van der Waals surface area contributed by atoms with Gasteiger partial charge in [0.05, 0.1) is 0 Å². The van der Waals surface area contributed by atoms with Crippen molar-refractivity contribution in [2.75, 3.05) is 5.33 Å². The Morgan fingerprint density at radius 2 is 1.91 bits per heavy atom. The quantitative estimate of drug-likeness (QED) is 0.614. The second-order valence-corrected chi connectivity index (χ2v) is 3.62. The molecule has 0 amide bonds. The lowest BCUT2D eigenvalue weighted by atomic mass is 9.95. The second kappa shape index (κ2) is 5.59. The van der Waals surface area contributed by atoms with E-state index in [-0.39, 0.29) is 0 Å². The summed E-state index contributed by atoms with van der Waals surface area (Å²) in [6, 6.07) is 0. The maximum atomic E-state index is 3.36. The predicted molar refractivity (Wildman–Crippen MR) is 54.1 cm³/mol. The molecule has 1 fully saturated rings. The molecule has 11 heavy (non-hydrogen) atoms. The largest absolute Gasteiger partial charge is 0.0883 e. The normalized spacial score (nSPS) is 19.2. The van der Waals surface area contributed by atoms with Gasteiger partial charge in [0.25, 0.3) is 0 Å². The van der Waals surface area contributed by atoms with Gasteiger partial charge in [0, 0.05) is 5.33 Å². The van der Waals surface area contributed by atoms with E-state index in [1.807, 2.05) is 0 Å². The number of hydrogen-bond donors (Lipinski definition) is 0. The van der Waals surface area contributed by atoms with E-state index < -0.39 is 0 Å². The van der Waals surface area contributed by atoms with Gasteiger partial charge in [-0.15, -0.1) is 0 Å². The van der Waals surface area contributed by atoms with E-state index in [4.69, 9.17) is 0 Å². The van der Waals surface area contributed by atoms with E-state index in [9.17, 15) is 0 Å². The van der Waals surface area contributed by atoms with Gasteiger partial charge in [0.1, 0.15) is 0 Å². The molecule has 0 aromatic heterocycles. The summed E-state index contributed by atoms with van der Waals surface area (Å²) in [6.07, 6.45) is 13.5. The van der Waals surface area contributed by atoms with Gasteiger partial charge in [-0.1, -0.05) is 46.2 Å². The molecule has 0 aliphatic heterocycles. The van der Waals surface area contributed by atoms with Gasteiger partial charge >= 0.3 is 0 Å². The molecule has 0 aromatic rings. The Bertz CT molecular complexity index is 148. The number of hydrogen-bond acceptors (Lipinski definition) is 0. The molecule has 62 valence electrons. The Labute approximate surface area is 77.5 Å². The summed E-state index contributed by atoms with van der Waals surface area (Å²) in [4.78, 5) is 0. The van der Waals surface area contributed by atoms with Crippen LogP contribution in [0.15, 0.2) is 23.8 Å². The lowest BCUT2D eigenvalue weighted by Crippen LogP contribution is -1.92. The lowest BCUT2D eigenvalue weighted by molar-refractivity contribution is 0.599. The first-order chi connectivity index (χ1) is 5.43. The fraction of sp³-hybridized carbons (Fsp3) is 0.600. The number of allylic oxidation sites excluding steroid dienone is 4. The summed E-state index contributed by atoms with van der Waals surface area (Å²) in [6.45, 7) is 0. The highest BCUT2D eigenvalue weighted by Crippen LogP contribution is 2.22. The average Bonchev–Trinajstić information content (AvgIpc) is 2.07. The smallest absolute Gasteiger partial charge is 0.0215 e. The molecule has 1 aliphatic rings. The Balaban J connectivity index is 2.31. The van der Waals surface area contributed by atoms with Crippen LogP contribution in [0.3, 0.4) is 0 Å². The fourth-order valence-corrected chi connectivity index (χ4v) is 1.64. The molecule has 0 N–H and O–H groups in total. The first-order valence-electron chi connectivity index (χ1n) is 4.34. The summed E-state index contributed by atoms with van der Waals surface area (Å²) < 4.78 is 0. The molecular formula is C10H15Br. The van der Waals surface area contributed by atoms with Crippen molar-refractivity contribution in [2.24, 2.45) is 0 Å². The molecule has 1 rings (SSSR count). The Morgan fingerprint density at radius 1 is 1.18 bits per heavy atom. The van der Waals surface area contributed by atoms with Gasteiger partial charge in [0.2, 0.25) is 0 Å². The predicted octanol–water partition coefficient (Wildman–Crippen LogP) is 3.83. The minimum atomic E-state index is 0.969. The zero-order valence-electron chi connectivity index (χ0n) is 6.85. The first-order valence-corrected chi connectivity index (χ1v) is 5.46. The molecule has 0 saturated heterocycles. The Morgan fingerprint density at radius 3 is 2.55 bits per heavy atom. The van der Waals surface area contributed by atoms with E-state index in [0.29, 0.717) is 0 Å². The van der Waals surface area contributed by atoms with Gasteiger partial charge in [-0.3, -0.25) is 0 Å². The van der Waals surface area contributed by atoms with Crippen molar-refractivity contribution < 1.29 is 0 Å². The Kier molecular flexibility index (Phi) is 4.60. The molecule has 0 radical (unpaired) electrons. The van der Waals surface area contributed by atoms with E-state index in [0.717, 1.165) is 5.33 Å². The molecule has 0 aromatic carbocycles. The van der Waals surface area contributed by atoms with Crippen molar-refractivity contribution in [3.63, 3.8) is 0 Å². The molecule has 0 unspecified atom stereocenters. The van der Waals surface area contributed by atoms with Gasteiger partial charge in [-0.05, 0) is 25.7 Å². The second-order valence-electron chi connectivity index (χ2n) is 2.97. The zero-order valence-corrected chi connectivity index (χ0v) is 8.44. The van der Waals surface area contributed by atoms with E-state index in [2.05, 4.69) is 34.2 Å². The van der Waals surface area contributed by atoms with Gasteiger partial charge in [0.15, 0.2) is 0 Å². The van der Waals surface area contributed by atoms with Crippen LogP contribution in [-0.4, -0.2) is 5.33 Å². The minimum Gasteiger partial charge on any atom is -0.0883 e. The zero-order chi connectivity index (χ0) is 7.94. The molecule has 1 aliphatic carbocycles. The first kappa shape index (κ1) is 9.05. The van der Waals surface area contributed by atoms with E-state index in [1.165, 1.54) is 32.1 Å². The highest BCUT2D eigenvalue weighted by atomic mass is 79.9. The maximum Gasteiger partial charge on any atom is 0.0215 e. The van der Waals surface area contributed by atoms with Crippen LogP contribution in [0.2, 0.25) is 0 Å². The number of rotatable bonds is 2. The van der Waals surface area contributed by atoms with Crippen molar-refractivity contribution in [3.8, 4) is 0 Å². The third-order valence-electron chi connectivity index (χ3n) is 2.05. The fourth-order valence-electron chi connectivity index (χ4n) is 1.43.